The minimum atomic E-state index is -3.55. The lowest BCUT2D eigenvalue weighted by molar-refractivity contribution is 0.467. The van der Waals surface area contributed by atoms with Gasteiger partial charge in [-0.3, -0.25) is 0 Å². The van der Waals surface area contributed by atoms with Gasteiger partial charge >= 0.3 is 0 Å². The van der Waals surface area contributed by atoms with Gasteiger partial charge in [0.05, 0.1) is 11.4 Å². The second-order valence-electron chi connectivity index (χ2n) is 7.49. The molecule has 3 rings (SSSR count). The van der Waals surface area contributed by atoms with Gasteiger partial charge in [0.2, 0.25) is 10.0 Å². The van der Waals surface area contributed by atoms with Crippen LogP contribution >= 0.6 is 0 Å². The van der Waals surface area contributed by atoms with E-state index in [1.165, 1.54) is 15.5 Å². The zero-order chi connectivity index (χ0) is 18.7. The molecule has 2 aliphatic rings. The molecule has 0 atom stereocenters. The van der Waals surface area contributed by atoms with Crippen LogP contribution in [0.5, 0.6) is 0 Å². The van der Waals surface area contributed by atoms with Crippen LogP contribution in [0.3, 0.4) is 0 Å². The Bertz CT molecular complexity index is 892. The van der Waals surface area contributed by atoms with E-state index < -0.39 is 10.0 Å². The van der Waals surface area contributed by atoms with Gasteiger partial charge in [-0.2, -0.15) is 4.31 Å². The van der Waals surface area contributed by atoms with E-state index in [1.807, 2.05) is 19.1 Å². The van der Waals surface area contributed by atoms with E-state index >= 15 is 0 Å². The van der Waals surface area contributed by atoms with Crippen molar-refractivity contribution in [1.29, 1.82) is 0 Å². The average Bonchev–Trinajstić information content (AvgIpc) is 3.42. The lowest BCUT2D eigenvalue weighted by Gasteiger charge is -2.24. The standard InChI is InChI=1S/C22H27NO2S/c1-17-6-12-22(13-7-17)26(24,25)23(14-4-5-20-10-11-20)16-21-9-8-18(2)19(3)15-21/h6-7,9,12-13,20H,8,10-11,14-16H2,1-3H3. The highest BCUT2D eigenvalue weighted by atomic mass is 32.2. The predicted molar refractivity (Wildman–Crippen MR) is 106 cm³/mol. The van der Waals surface area contributed by atoms with Crippen LogP contribution in [0.2, 0.25) is 0 Å². The molecule has 0 bridgehead atoms. The smallest absolute Gasteiger partial charge is 0.207 e. The molecule has 1 aromatic carbocycles. The molecule has 26 heavy (non-hydrogen) atoms. The first-order valence-corrected chi connectivity index (χ1v) is 10.7. The first kappa shape index (κ1) is 18.9. The summed E-state index contributed by atoms with van der Waals surface area (Å²) in [4.78, 5) is 0.344. The molecule has 0 amide bonds. The fourth-order valence-electron chi connectivity index (χ4n) is 2.97. The summed E-state index contributed by atoms with van der Waals surface area (Å²) in [6.45, 7) is 6.91. The van der Waals surface area contributed by atoms with E-state index in [-0.39, 0.29) is 6.54 Å². The van der Waals surface area contributed by atoms with Crippen LogP contribution in [-0.4, -0.2) is 25.8 Å². The highest BCUT2D eigenvalue weighted by molar-refractivity contribution is 7.89. The molecule has 138 valence electrons. The average molecular weight is 370 g/mol. The van der Waals surface area contributed by atoms with Crippen molar-refractivity contribution in [2.75, 3.05) is 13.1 Å². The van der Waals surface area contributed by atoms with Gasteiger partial charge in [-0.1, -0.05) is 52.3 Å². The number of sulfonamides is 1. The fourth-order valence-corrected chi connectivity index (χ4v) is 4.32. The van der Waals surface area contributed by atoms with Gasteiger partial charge in [0, 0.05) is 12.5 Å². The van der Waals surface area contributed by atoms with Gasteiger partial charge in [0.25, 0.3) is 0 Å². The molecule has 0 spiro atoms. The van der Waals surface area contributed by atoms with E-state index in [1.54, 1.807) is 12.1 Å². The Morgan fingerprint density at radius 3 is 2.38 bits per heavy atom. The summed E-state index contributed by atoms with van der Waals surface area (Å²) in [5, 5.41) is 0. The second-order valence-corrected chi connectivity index (χ2v) is 9.42. The normalized spacial score (nSPS) is 17.8. The molecule has 2 aliphatic carbocycles. The summed E-state index contributed by atoms with van der Waals surface area (Å²) >= 11 is 0. The van der Waals surface area contributed by atoms with Crippen LogP contribution in [0, 0.1) is 24.7 Å². The molecule has 0 radical (unpaired) electrons. The lowest BCUT2D eigenvalue weighted by atomic mass is 9.93. The summed E-state index contributed by atoms with van der Waals surface area (Å²) < 4.78 is 27.9. The molecule has 1 fully saturated rings. The van der Waals surface area contributed by atoms with Gasteiger partial charge in [0.1, 0.15) is 0 Å². The minimum absolute atomic E-state index is 0.256. The monoisotopic (exact) mass is 369 g/mol. The second kappa shape index (κ2) is 7.82. The fraction of sp³-hybridized carbons (Fsp3) is 0.455. The van der Waals surface area contributed by atoms with Crippen molar-refractivity contribution >= 4 is 10.0 Å². The molecule has 3 nitrogen and oxygen atoms in total. The van der Waals surface area contributed by atoms with E-state index in [0.717, 1.165) is 36.8 Å². The Balaban J connectivity index is 1.83. The molecule has 0 aliphatic heterocycles. The van der Waals surface area contributed by atoms with Crippen molar-refractivity contribution in [2.24, 2.45) is 5.92 Å². The Morgan fingerprint density at radius 2 is 1.77 bits per heavy atom. The molecule has 0 aromatic heterocycles. The van der Waals surface area contributed by atoms with E-state index in [9.17, 15) is 8.42 Å². The van der Waals surface area contributed by atoms with Crippen molar-refractivity contribution in [2.45, 2.75) is 51.3 Å². The molecular weight excluding hydrogens is 342 g/mol. The third kappa shape index (κ3) is 4.66. The number of hydrogen-bond acceptors (Lipinski definition) is 2. The Morgan fingerprint density at radius 1 is 1.08 bits per heavy atom. The number of rotatable bonds is 5. The van der Waals surface area contributed by atoms with Gasteiger partial charge < -0.3 is 0 Å². The third-order valence-electron chi connectivity index (χ3n) is 5.09. The maximum atomic E-state index is 13.2. The summed E-state index contributed by atoms with van der Waals surface area (Å²) in [6.07, 6.45) is 6.22. The van der Waals surface area contributed by atoms with Crippen LogP contribution in [0.25, 0.3) is 0 Å². The predicted octanol–water partition coefficient (Wildman–Crippen LogP) is 4.46. The number of allylic oxidation sites excluding steroid dienone is 3. The van der Waals surface area contributed by atoms with Gasteiger partial charge in [-0.25, -0.2) is 8.42 Å². The zero-order valence-electron chi connectivity index (χ0n) is 15.9. The van der Waals surface area contributed by atoms with Gasteiger partial charge in [0.15, 0.2) is 0 Å². The molecule has 0 N–H and O–H groups in total. The summed E-state index contributed by atoms with van der Waals surface area (Å²) in [7, 11) is -3.55. The molecule has 0 saturated heterocycles. The Hall–Kier alpha value is -1.83. The number of benzene rings is 1. The molecule has 0 heterocycles. The van der Waals surface area contributed by atoms with E-state index in [2.05, 4.69) is 31.8 Å². The van der Waals surface area contributed by atoms with Crippen LogP contribution in [0.15, 0.2) is 52.0 Å². The van der Waals surface area contributed by atoms with Crippen molar-refractivity contribution in [3.8, 4) is 11.8 Å². The summed E-state index contributed by atoms with van der Waals surface area (Å²) in [6, 6.07) is 7.07. The van der Waals surface area contributed by atoms with Crippen molar-refractivity contribution in [1.82, 2.24) is 4.31 Å². The minimum Gasteiger partial charge on any atom is -0.207 e. The molecule has 4 heteroatoms. The van der Waals surface area contributed by atoms with Gasteiger partial charge in [-0.15, -0.1) is 0 Å². The number of hydrogen-bond donors (Lipinski definition) is 0. The van der Waals surface area contributed by atoms with Gasteiger partial charge in [-0.05, 0) is 58.6 Å². The van der Waals surface area contributed by atoms with Crippen molar-refractivity contribution < 1.29 is 8.42 Å². The van der Waals surface area contributed by atoms with Crippen LogP contribution in [0.4, 0.5) is 0 Å². The molecule has 1 saturated carbocycles. The maximum absolute atomic E-state index is 13.2. The topological polar surface area (TPSA) is 37.4 Å². The maximum Gasteiger partial charge on any atom is 0.244 e. The van der Waals surface area contributed by atoms with Crippen LogP contribution in [0.1, 0.15) is 45.1 Å². The van der Waals surface area contributed by atoms with Crippen LogP contribution < -0.4 is 0 Å². The zero-order valence-corrected chi connectivity index (χ0v) is 16.7. The Kier molecular flexibility index (Phi) is 5.70. The molecule has 0 unspecified atom stereocenters. The highest BCUT2D eigenvalue weighted by Crippen LogP contribution is 2.28. The highest BCUT2D eigenvalue weighted by Gasteiger charge is 2.26. The molecular formula is C22H27NO2S. The first-order valence-electron chi connectivity index (χ1n) is 9.24. The Labute approximate surface area is 157 Å². The summed E-state index contributed by atoms with van der Waals surface area (Å²) in [5.41, 5.74) is 4.95. The first-order chi connectivity index (χ1) is 12.4. The number of aryl methyl sites for hydroxylation is 1. The van der Waals surface area contributed by atoms with E-state index in [4.69, 9.17) is 0 Å². The third-order valence-corrected chi connectivity index (χ3v) is 6.90. The number of nitrogens with zero attached hydrogens (tertiary/aromatic N) is 1. The van der Waals surface area contributed by atoms with Crippen molar-refractivity contribution in [3.05, 3.63) is 52.6 Å². The van der Waals surface area contributed by atoms with Crippen LogP contribution in [-0.2, 0) is 10.0 Å². The quantitative estimate of drug-likeness (QED) is 0.568. The summed E-state index contributed by atoms with van der Waals surface area (Å²) in [5.74, 6) is 6.76. The SMILES string of the molecule is CC1=C(C)CC(CN(CC#CC2CC2)S(=O)(=O)c2ccc(C)cc2)=CC1. The lowest BCUT2D eigenvalue weighted by Crippen LogP contribution is -2.33. The largest absolute Gasteiger partial charge is 0.244 e. The van der Waals surface area contributed by atoms with Crippen molar-refractivity contribution in [3.63, 3.8) is 0 Å². The van der Waals surface area contributed by atoms with E-state index in [0.29, 0.717) is 17.4 Å². The molecule has 1 aromatic rings.